The highest BCUT2D eigenvalue weighted by Crippen LogP contribution is 2.30. The summed E-state index contributed by atoms with van der Waals surface area (Å²) in [5.74, 6) is -0.940. The molecule has 1 unspecified atom stereocenters. The summed E-state index contributed by atoms with van der Waals surface area (Å²) in [7, 11) is 3.41. The molecule has 0 bridgehead atoms. The second-order valence-corrected chi connectivity index (χ2v) is 5.18. The average molecular weight is 274 g/mol. The monoisotopic (exact) mass is 273 g/mol. The Morgan fingerprint density at radius 1 is 1.65 bits per heavy atom. The van der Waals surface area contributed by atoms with Crippen molar-refractivity contribution in [2.45, 2.75) is 13.0 Å². The lowest BCUT2D eigenvalue weighted by Gasteiger charge is -2.20. The number of carboxylic acid groups (broad SMARTS) is 1. The van der Waals surface area contributed by atoms with Crippen LogP contribution in [0.3, 0.4) is 0 Å². The first-order chi connectivity index (χ1) is 7.93. The highest BCUT2D eigenvalue weighted by atomic mass is 35.5. The van der Waals surface area contributed by atoms with Gasteiger partial charge in [0.2, 0.25) is 0 Å². The van der Waals surface area contributed by atoms with Crippen LogP contribution in [0.5, 0.6) is 0 Å². The van der Waals surface area contributed by atoms with E-state index in [1.54, 1.807) is 23.4 Å². The SMILES string of the molecule is Cc1csc2nc(Cl)c(C(C(=O)O)N(C)C)n12. The molecule has 2 heterocycles. The third-order valence-electron chi connectivity index (χ3n) is 2.53. The molecule has 2 rings (SSSR count). The molecule has 92 valence electrons. The Labute approximate surface area is 107 Å². The molecule has 17 heavy (non-hydrogen) atoms. The van der Waals surface area contributed by atoms with Crippen molar-refractivity contribution in [1.82, 2.24) is 14.3 Å². The zero-order chi connectivity index (χ0) is 12.7. The fourth-order valence-corrected chi connectivity index (χ4v) is 3.01. The lowest BCUT2D eigenvalue weighted by molar-refractivity contribution is -0.142. The Morgan fingerprint density at radius 2 is 2.29 bits per heavy atom. The quantitative estimate of drug-likeness (QED) is 0.930. The standard InChI is InChI=1S/C10H12ClN3O2S/c1-5-4-17-10-12-8(11)6(14(5)10)7(9(15)16)13(2)3/h4,7H,1-3H3,(H,15,16). The Kier molecular flexibility index (Phi) is 3.11. The molecule has 0 fully saturated rings. The predicted molar refractivity (Wildman–Crippen MR) is 66.9 cm³/mol. The number of hydrogen-bond acceptors (Lipinski definition) is 4. The van der Waals surface area contributed by atoms with Gasteiger partial charge < -0.3 is 5.11 Å². The first kappa shape index (κ1) is 12.3. The molecule has 1 N–H and O–H groups in total. The Balaban J connectivity index is 2.71. The molecule has 5 nitrogen and oxygen atoms in total. The van der Waals surface area contributed by atoms with Gasteiger partial charge in [-0.3, -0.25) is 14.1 Å². The molecular formula is C10H12ClN3O2S. The van der Waals surface area contributed by atoms with Crippen LogP contribution in [-0.4, -0.2) is 39.5 Å². The van der Waals surface area contributed by atoms with E-state index < -0.39 is 12.0 Å². The van der Waals surface area contributed by atoms with Crippen LogP contribution in [0.4, 0.5) is 0 Å². The van der Waals surface area contributed by atoms with Crippen LogP contribution >= 0.6 is 22.9 Å². The number of hydrogen-bond donors (Lipinski definition) is 1. The number of fused-ring (bicyclic) bond motifs is 1. The minimum atomic E-state index is -0.940. The smallest absolute Gasteiger partial charge is 0.327 e. The molecule has 0 saturated carbocycles. The lowest BCUT2D eigenvalue weighted by Crippen LogP contribution is -2.28. The summed E-state index contributed by atoms with van der Waals surface area (Å²) in [6, 6.07) is -0.800. The van der Waals surface area contributed by atoms with E-state index in [0.29, 0.717) is 5.69 Å². The normalized spacial score (nSPS) is 13.5. The number of rotatable bonds is 3. The lowest BCUT2D eigenvalue weighted by atomic mass is 10.2. The van der Waals surface area contributed by atoms with Gasteiger partial charge in [0.1, 0.15) is 0 Å². The van der Waals surface area contributed by atoms with E-state index in [-0.39, 0.29) is 5.15 Å². The van der Waals surface area contributed by atoms with Crippen LogP contribution in [0, 0.1) is 6.92 Å². The third-order valence-corrected chi connectivity index (χ3v) is 3.76. The number of nitrogens with zero attached hydrogens (tertiary/aromatic N) is 3. The first-order valence-corrected chi connectivity index (χ1v) is 6.20. The molecule has 7 heteroatoms. The molecule has 1 atom stereocenters. The Morgan fingerprint density at radius 3 is 2.82 bits per heavy atom. The van der Waals surface area contributed by atoms with Crippen molar-refractivity contribution in [2.75, 3.05) is 14.1 Å². The van der Waals surface area contributed by atoms with Gasteiger partial charge in [-0.15, -0.1) is 11.3 Å². The molecule has 0 spiro atoms. The van der Waals surface area contributed by atoms with Crippen molar-refractivity contribution < 1.29 is 9.90 Å². The molecule has 0 aliphatic rings. The van der Waals surface area contributed by atoms with Gasteiger partial charge in [0, 0.05) is 11.1 Å². The molecule has 0 aromatic carbocycles. The second-order valence-electron chi connectivity index (χ2n) is 3.99. The van der Waals surface area contributed by atoms with E-state index in [2.05, 4.69) is 4.98 Å². The molecule has 2 aromatic rings. The van der Waals surface area contributed by atoms with Crippen LogP contribution in [0.1, 0.15) is 17.4 Å². The fraction of sp³-hybridized carbons (Fsp3) is 0.400. The van der Waals surface area contributed by atoms with Crippen LogP contribution < -0.4 is 0 Å². The number of carbonyl (C=O) groups is 1. The summed E-state index contributed by atoms with van der Waals surface area (Å²) >= 11 is 7.49. The van der Waals surface area contributed by atoms with Gasteiger partial charge in [0.05, 0.1) is 5.69 Å². The summed E-state index contributed by atoms with van der Waals surface area (Å²) < 4.78 is 1.80. The van der Waals surface area contributed by atoms with Gasteiger partial charge in [-0.25, -0.2) is 4.98 Å². The summed E-state index contributed by atoms with van der Waals surface area (Å²) in [5, 5.41) is 11.5. The van der Waals surface area contributed by atoms with Crippen molar-refractivity contribution in [2.24, 2.45) is 0 Å². The molecule has 0 amide bonds. The number of carboxylic acids is 1. The zero-order valence-corrected chi connectivity index (χ0v) is 11.2. The second kappa shape index (κ2) is 4.29. The van der Waals surface area contributed by atoms with E-state index in [4.69, 9.17) is 11.6 Å². The Hall–Kier alpha value is -1.11. The van der Waals surface area contributed by atoms with Crippen LogP contribution in [0.2, 0.25) is 5.15 Å². The topological polar surface area (TPSA) is 57.8 Å². The molecule has 0 aliphatic carbocycles. The maximum atomic E-state index is 11.3. The first-order valence-electron chi connectivity index (χ1n) is 4.94. The van der Waals surface area contributed by atoms with Crippen LogP contribution in [0.25, 0.3) is 4.96 Å². The van der Waals surface area contributed by atoms with Gasteiger partial charge in [-0.1, -0.05) is 11.6 Å². The van der Waals surface area contributed by atoms with Gasteiger partial charge >= 0.3 is 5.97 Å². The van der Waals surface area contributed by atoms with Crippen molar-refractivity contribution in [1.29, 1.82) is 0 Å². The number of aliphatic carboxylic acids is 1. The molecule has 0 saturated heterocycles. The maximum Gasteiger partial charge on any atom is 0.327 e. The predicted octanol–water partition coefficient (Wildman–Crippen LogP) is 2.04. The highest BCUT2D eigenvalue weighted by Gasteiger charge is 2.30. The number of halogens is 1. The molecular weight excluding hydrogens is 262 g/mol. The number of imidazole rings is 1. The number of thiazole rings is 1. The summed E-state index contributed by atoms with van der Waals surface area (Å²) in [5.41, 5.74) is 1.45. The van der Waals surface area contributed by atoms with Crippen molar-refractivity contribution >= 4 is 33.9 Å². The largest absolute Gasteiger partial charge is 0.480 e. The van der Waals surface area contributed by atoms with Crippen LogP contribution in [-0.2, 0) is 4.79 Å². The number of aryl methyl sites for hydroxylation is 1. The minimum Gasteiger partial charge on any atom is -0.480 e. The molecule has 2 aromatic heterocycles. The summed E-state index contributed by atoms with van der Waals surface area (Å²) in [6.07, 6.45) is 0. The van der Waals surface area contributed by atoms with Crippen molar-refractivity contribution in [3.63, 3.8) is 0 Å². The van der Waals surface area contributed by atoms with Crippen LogP contribution in [0.15, 0.2) is 5.38 Å². The molecule has 0 aliphatic heterocycles. The Bertz CT molecular complexity index is 575. The van der Waals surface area contributed by atoms with E-state index in [9.17, 15) is 9.90 Å². The average Bonchev–Trinajstić information content (AvgIpc) is 2.69. The third kappa shape index (κ3) is 1.92. The van der Waals surface area contributed by atoms with Gasteiger partial charge in [-0.2, -0.15) is 0 Å². The van der Waals surface area contributed by atoms with Gasteiger partial charge in [0.25, 0.3) is 0 Å². The summed E-state index contributed by atoms with van der Waals surface area (Å²) in [6.45, 7) is 1.90. The van der Waals surface area contributed by atoms with Crippen molar-refractivity contribution in [3.8, 4) is 0 Å². The summed E-state index contributed by atoms with van der Waals surface area (Å²) in [4.78, 5) is 17.8. The minimum absolute atomic E-state index is 0.251. The van der Waals surface area contributed by atoms with Gasteiger partial charge in [0.15, 0.2) is 16.2 Å². The van der Waals surface area contributed by atoms with E-state index in [0.717, 1.165) is 10.7 Å². The molecule has 0 radical (unpaired) electrons. The van der Waals surface area contributed by atoms with Gasteiger partial charge in [-0.05, 0) is 21.0 Å². The van der Waals surface area contributed by atoms with Crippen molar-refractivity contribution in [3.05, 3.63) is 21.9 Å². The zero-order valence-electron chi connectivity index (χ0n) is 9.64. The number of likely N-dealkylation sites (N-methyl/N-ethyl adjacent to an activating group) is 1. The maximum absolute atomic E-state index is 11.3. The van der Waals surface area contributed by atoms with E-state index in [1.807, 2.05) is 12.3 Å². The van der Waals surface area contributed by atoms with E-state index >= 15 is 0 Å². The van der Waals surface area contributed by atoms with E-state index in [1.165, 1.54) is 11.3 Å². The highest BCUT2D eigenvalue weighted by molar-refractivity contribution is 7.15. The fourth-order valence-electron chi connectivity index (χ4n) is 1.81. The number of aromatic nitrogens is 2.